The van der Waals surface area contributed by atoms with Crippen LogP contribution >= 0.6 is 0 Å². The topological polar surface area (TPSA) is 86.3 Å². The number of ether oxygens (including phenoxy) is 4. The molecule has 8 heteroatoms. The van der Waals surface area contributed by atoms with Crippen LogP contribution in [0.25, 0.3) is 0 Å². The van der Waals surface area contributed by atoms with Crippen LogP contribution in [0.3, 0.4) is 0 Å². The molecule has 158 valence electrons. The van der Waals surface area contributed by atoms with Crippen LogP contribution in [0.5, 0.6) is 11.5 Å². The number of rotatable bonds is 5. The number of carbonyl (C=O) groups is 2. The van der Waals surface area contributed by atoms with E-state index < -0.39 is 24.1 Å². The van der Waals surface area contributed by atoms with Crippen molar-refractivity contribution in [2.75, 3.05) is 43.1 Å². The van der Waals surface area contributed by atoms with Gasteiger partial charge in [-0.3, -0.25) is 4.79 Å². The fourth-order valence-electron chi connectivity index (χ4n) is 3.26. The summed E-state index contributed by atoms with van der Waals surface area (Å²) in [5.41, 5.74) is 1.71. The highest BCUT2D eigenvalue weighted by Gasteiger charge is 2.31. The Balaban J connectivity index is 1.29. The van der Waals surface area contributed by atoms with E-state index in [9.17, 15) is 9.59 Å². The van der Waals surface area contributed by atoms with E-state index in [-0.39, 0.29) is 6.61 Å². The maximum atomic E-state index is 12.4. The predicted molar refractivity (Wildman–Crippen MR) is 110 cm³/mol. The normalized spacial score (nSPS) is 19.0. The van der Waals surface area contributed by atoms with Crippen molar-refractivity contribution in [3.05, 3.63) is 48.5 Å². The van der Waals surface area contributed by atoms with Crippen LogP contribution in [0.4, 0.5) is 11.4 Å². The summed E-state index contributed by atoms with van der Waals surface area (Å²) in [6.45, 7) is 4.66. The monoisotopic (exact) mass is 412 g/mol. The van der Waals surface area contributed by atoms with Crippen molar-refractivity contribution in [3.8, 4) is 11.5 Å². The Morgan fingerprint density at radius 2 is 1.77 bits per heavy atom. The molecule has 2 aliphatic rings. The van der Waals surface area contributed by atoms with Gasteiger partial charge < -0.3 is 29.2 Å². The molecule has 2 aromatic carbocycles. The lowest BCUT2D eigenvalue weighted by Crippen LogP contribution is -2.41. The van der Waals surface area contributed by atoms with E-state index >= 15 is 0 Å². The molecule has 0 aliphatic carbocycles. The average molecular weight is 412 g/mol. The largest absolute Gasteiger partial charge is 0.485 e. The zero-order valence-electron chi connectivity index (χ0n) is 16.7. The van der Waals surface area contributed by atoms with E-state index in [1.54, 1.807) is 18.2 Å². The Morgan fingerprint density at radius 3 is 2.50 bits per heavy atom. The molecule has 30 heavy (non-hydrogen) atoms. The van der Waals surface area contributed by atoms with Gasteiger partial charge in [-0.05, 0) is 43.3 Å². The van der Waals surface area contributed by atoms with Crippen molar-refractivity contribution >= 4 is 23.3 Å². The van der Waals surface area contributed by atoms with Crippen LogP contribution in [0.15, 0.2) is 48.5 Å². The van der Waals surface area contributed by atoms with Gasteiger partial charge in [0.05, 0.1) is 13.2 Å². The quantitative estimate of drug-likeness (QED) is 0.754. The zero-order chi connectivity index (χ0) is 20.9. The third-order valence-corrected chi connectivity index (χ3v) is 4.94. The summed E-state index contributed by atoms with van der Waals surface area (Å²) >= 11 is 0. The second-order valence-electron chi connectivity index (χ2n) is 7.08. The molecule has 1 amide bonds. The lowest BCUT2D eigenvalue weighted by Gasteiger charge is -2.29. The molecule has 0 saturated carbocycles. The van der Waals surface area contributed by atoms with E-state index in [2.05, 4.69) is 10.2 Å². The Morgan fingerprint density at radius 1 is 1.07 bits per heavy atom. The first-order valence-electron chi connectivity index (χ1n) is 9.93. The molecule has 1 N–H and O–H groups in total. The number of hydrogen-bond acceptors (Lipinski definition) is 7. The van der Waals surface area contributed by atoms with Crippen molar-refractivity contribution < 1.29 is 28.5 Å². The van der Waals surface area contributed by atoms with Crippen molar-refractivity contribution in [3.63, 3.8) is 0 Å². The molecule has 0 radical (unpaired) electrons. The van der Waals surface area contributed by atoms with Gasteiger partial charge in [0.1, 0.15) is 6.61 Å². The minimum absolute atomic E-state index is 0.0349. The smallest absolute Gasteiger partial charge is 0.351 e. The number of nitrogens with zero attached hydrogens (tertiary/aromatic N) is 1. The lowest BCUT2D eigenvalue weighted by atomic mass is 10.2. The van der Waals surface area contributed by atoms with Crippen LogP contribution in [-0.4, -0.2) is 57.0 Å². The van der Waals surface area contributed by atoms with Gasteiger partial charge in [0.25, 0.3) is 5.91 Å². The summed E-state index contributed by atoms with van der Waals surface area (Å²) in [6.07, 6.45) is -1.89. The molecular weight excluding hydrogens is 388 g/mol. The van der Waals surface area contributed by atoms with Gasteiger partial charge in [-0.25, -0.2) is 4.79 Å². The summed E-state index contributed by atoms with van der Waals surface area (Å²) < 4.78 is 21.8. The van der Waals surface area contributed by atoms with Crippen LogP contribution in [0.2, 0.25) is 0 Å². The fourth-order valence-corrected chi connectivity index (χ4v) is 3.26. The molecule has 1 saturated heterocycles. The van der Waals surface area contributed by atoms with Gasteiger partial charge in [0.2, 0.25) is 6.10 Å². The number of hydrogen-bond donors (Lipinski definition) is 1. The maximum absolute atomic E-state index is 12.4. The summed E-state index contributed by atoms with van der Waals surface area (Å²) in [5.74, 6) is -0.00884. The Hall–Kier alpha value is -3.26. The number of morpholine rings is 1. The van der Waals surface area contributed by atoms with Crippen molar-refractivity contribution in [2.24, 2.45) is 0 Å². The first kappa shape index (κ1) is 20.0. The predicted octanol–water partition coefficient (Wildman–Crippen LogP) is 2.23. The highest BCUT2D eigenvalue weighted by Crippen LogP contribution is 2.31. The highest BCUT2D eigenvalue weighted by molar-refractivity contribution is 5.95. The first-order valence-corrected chi connectivity index (χ1v) is 9.93. The van der Waals surface area contributed by atoms with E-state index in [1.807, 2.05) is 30.3 Å². The van der Waals surface area contributed by atoms with Crippen molar-refractivity contribution in [1.29, 1.82) is 0 Å². The Kier molecular flexibility index (Phi) is 6.04. The van der Waals surface area contributed by atoms with E-state index in [0.29, 0.717) is 30.4 Å². The number of nitrogens with one attached hydrogen (secondary N) is 1. The second kappa shape index (κ2) is 9.04. The van der Waals surface area contributed by atoms with E-state index in [1.165, 1.54) is 6.92 Å². The molecule has 4 rings (SSSR count). The van der Waals surface area contributed by atoms with E-state index in [0.717, 1.165) is 18.8 Å². The van der Waals surface area contributed by atoms with Gasteiger partial charge >= 0.3 is 5.97 Å². The number of benzene rings is 2. The molecule has 0 bridgehead atoms. The van der Waals surface area contributed by atoms with Crippen molar-refractivity contribution in [2.45, 2.75) is 19.1 Å². The number of esters is 1. The maximum Gasteiger partial charge on any atom is 0.351 e. The van der Waals surface area contributed by atoms with Crippen LogP contribution in [0, 0.1) is 0 Å². The van der Waals surface area contributed by atoms with Gasteiger partial charge in [0.15, 0.2) is 17.6 Å². The van der Waals surface area contributed by atoms with Crippen LogP contribution < -0.4 is 19.7 Å². The van der Waals surface area contributed by atoms with Gasteiger partial charge in [-0.15, -0.1) is 0 Å². The average Bonchev–Trinajstić information content (AvgIpc) is 2.79. The molecule has 2 heterocycles. The summed E-state index contributed by atoms with van der Waals surface area (Å²) in [6, 6.07) is 14.6. The minimum atomic E-state index is -0.975. The summed E-state index contributed by atoms with van der Waals surface area (Å²) in [7, 11) is 0. The second-order valence-corrected chi connectivity index (χ2v) is 7.08. The third kappa shape index (κ3) is 4.65. The number of para-hydroxylation sites is 2. The molecular formula is C22H24N2O6. The molecule has 0 unspecified atom stereocenters. The minimum Gasteiger partial charge on any atom is -0.485 e. The molecule has 2 aromatic rings. The number of anilines is 2. The van der Waals surface area contributed by atoms with Gasteiger partial charge in [-0.2, -0.15) is 0 Å². The molecule has 2 aliphatic heterocycles. The third-order valence-electron chi connectivity index (χ3n) is 4.94. The molecule has 2 atom stereocenters. The van der Waals surface area contributed by atoms with Crippen molar-refractivity contribution in [1.82, 2.24) is 0 Å². The highest BCUT2D eigenvalue weighted by atomic mass is 16.6. The SMILES string of the molecule is C[C@H](OC(=O)[C@@H]1COc2ccccc2O1)C(=O)Nc1ccc(N2CCOCC2)cc1. The molecule has 0 spiro atoms. The summed E-state index contributed by atoms with van der Waals surface area (Å²) in [5, 5.41) is 2.76. The fraction of sp³-hybridized carbons (Fsp3) is 0.364. The van der Waals surface area contributed by atoms with E-state index in [4.69, 9.17) is 18.9 Å². The number of fused-ring (bicyclic) bond motifs is 1. The van der Waals surface area contributed by atoms with Crippen LogP contribution in [0.1, 0.15) is 6.92 Å². The Labute approximate surface area is 174 Å². The number of amides is 1. The van der Waals surface area contributed by atoms with Gasteiger partial charge in [-0.1, -0.05) is 12.1 Å². The number of carbonyl (C=O) groups excluding carboxylic acids is 2. The molecule has 0 aromatic heterocycles. The van der Waals surface area contributed by atoms with Crippen LogP contribution in [-0.2, 0) is 19.1 Å². The first-order chi connectivity index (χ1) is 14.6. The summed E-state index contributed by atoms with van der Waals surface area (Å²) in [4.78, 5) is 27.0. The molecule has 8 nitrogen and oxygen atoms in total. The standard InChI is InChI=1S/C22H24N2O6/c1-15(29-22(26)20-14-28-18-4-2-3-5-19(18)30-20)21(25)23-16-6-8-17(9-7-16)24-10-12-27-13-11-24/h2-9,15,20H,10-14H2,1H3,(H,23,25)/t15-,20-/m0/s1. The van der Waals surface area contributed by atoms with Gasteiger partial charge in [0, 0.05) is 24.5 Å². The zero-order valence-corrected chi connectivity index (χ0v) is 16.7. The molecule has 1 fully saturated rings. The Bertz CT molecular complexity index is 895. The lowest BCUT2D eigenvalue weighted by molar-refractivity contribution is -0.162.